The van der Waals surface area contributed by atoms with E-state index in [1.807, 2.05) is 200 Å². The van der Waals surface area contributed by atoms with Gasteiger partial charge in [0.2, 0.25) is 5.91 Å². The van der Waals surface area contributed by atoms with Crippen LogP contribution in [0, 0.1) is 0 Å². The fourth-order valence-corrected chi connectivity index (χ4v) is 10.3. The van der Waals surface area contributed by atoms with E-state index in [1.165, 1.54) is 6.92 Å². The molecule has 0 aromatic heterocycles. The van der Waals surface area contributed by atoms with Crippen molar-refractivity contribution in [2.75, 3.05) is 20.0 Å². The van der Waals surface area contributed by atoms with E-state index >= 15 is 0 Å². The number of para-hydroxylation sites is 4. The normalized spacial score (nSPS) is 19.9. The van der Waals surface area contributed by atoms with Crippen LogP contribution in [0.4, 0.5) is 22.7 Å². The minimum absolute atomic E-state index is 0.000948. The molecule has 2 unspecified atom stereocenters. The fraction of sp³-hybridized carbons (Fsp3) is 0.238. The number of carbonyl (C=O) groups excluding carboxylic acids is 6. The predicted octanol–water partition coefficient (Wildman–Crippen LogP) is 11.8. The van der Waals surface area contributed by atoms with Gasteiger partial charge in [-0.25, -0.2) is 0 Å². The Kier molecular flexibility index (Phi) is 16.9. The Morgan fingerprint density at radius 3 is 1.40 bits per heavy atom. The lowest BCUT2D eigenvalue weighted by Crippen LogP contribution is -2.46. The summed E-state index contributed by atoms with van der Waals surface area (Å²) in [6, 6.07) is 58.8. The Morgan fingerprint density at radius 2 is 0.867 bits per heavy atom. The van der Waals surface area contributed by atoms with Crippen LogP contribution in [-0.4, -0.2) is 59.4 Å². The molecule has 4 amide bonds. The number of benzene rings is 7. The molecule has 4 heterocycles. The Hall–Kier alpha value is -8.48. The molecule has 6 atom stereocenters. The summed E-state index contributed by atoms with van der Waals surface area (Å²) in [7, 11) is 0. The van der Waals surface area contributed by atoms with Crippen molar-refractivity contribution in [2.24, 2.45) is 5.73 Å². The van der Waals surface area contributed by atoms with Crippen molar-refractivity contribution in [3.05, 3.63) is 227 Å². The fourth-order valence-electron chi connectivity index (χ4n) is 10.3. The van der Waals surface area contributed by atoms with Gasteiger partial charge in [-0.2, -0.15) is 0 Å². The van der Waals surface area contributed by atoms with E-state index in [9.17, 15) is 28.8 Å². The maximum Gasteiger partial charge on any atom is 0.258 e. The van der Waals surface area contributed by atoms with Crippen molar-refractivity contribution in [1.82, 2.24) is 5.32 Å². The van der Waals surface area contributed by atoms with Gasteiger partial charge in [0.1, 0.15) is 0 Å². The SMILES string of the molecule is CC(=O)N[C@H]1C[C@@H](C)N(C(=O)c2ccccc2)c2ccccc21.CC1CC(=O)c2ccccc2N1.CC1CC(=O)c2ccccc2N1C(=O)c1ccccc1.C[C@@H]1C[C@H](N)c2ccccc2N1C(=O)c1ccccc1. The van der Waals surface area contributed by atoms with E-state index in [-0.39, 0.29) is 71.4 Å². The van der Waals surface area contributed by atoms with Gasteiger partial charge in [0.25, 0.3) is 17.7 Å². The number of nitrogens with zero attached hydrogens (tertiary/aromatic N) is 3. The van der Waals surface area contributed by atoms with Crippen LogP contribution in [0.1, 0.15) is 135 Å². The zero-order valence-electron chi connectivity index (χ0n) is 43.1. The van der Waals surface area contributed by atoms with E-state index in [2.05, 4.69) is 17.6 Å². The number of amides is 4. The van der Waals surface area contributed by atoms with E-state index in [1.54, 1.807) is 23.1 Å². The first kappa shape index (κ1) is 52.8. The molecular weight excluding hydrogens is 937 g/mol. The van der Waals surface area contributed by atoms with Gasteiger partial charge in [-0.3, -0.25) is 28.8 Å². The maximum absolute atomic E-state index is 12.9. The number of anilines is 4. The first-order chi connectivity index (χ1) is 36.2. The third-order valence-corrected chi connectivity index (χ3v) is 13.8. The molecular formula is C63H64N6O6. The van der Waals surface area contributed by atoms with Crippen molar-refractivity contribution in [3.8, 4) is 0 Å². The van der Waals surface area contributed by atoms with Gasteiger partial charge in [-0.15, -0.1) is 0 Å². The number of hydrogen-bond donors (Lipinski definition) is 3. The number of carbonyl (C=O) groups is 6. The molecule has 7 aromatic carbocycles. The highest BCUT2D eigenvalue weighted by atomic mass is 16.2. The molecule has 0 radical (unpaired) electrons. The molecule has 0 saturated heterocycles. The number of ketones is 2. The van der Waals surface area contributed by atoms with Crippen molar-refractivity contribution in [3.63, 3.8) is 0 Å². The van der Waals surface area contributed by atoms with Crippen LogP contribution in [0.25, 0.3) is 0 Å². The summed E-state index contributed by atoms with van der Waals surface area (Å²) in [6.45, 7) is 9.53. The molecule has 12 nitrogen and oxygen atoms in total. The highest BCUT2D eigenvalue weighted by Gasteiger charge is 2.36. The first-order valence-electron chi connectivity index (χ1n) is 25.6. The molecule has 0 spiro atoms. The summed E-state index contributed by atoms with van der Waals surface area (Å²) in [4.78, 5) is 78.8. The van der Waals surface area contributed by atoms with Gasteiger partial charge < -0.3 is 31.1 Å². The molecule has 11 rings (SSSR count). The van der Waals surface area contributed by atoms with Crippen LogP contribution in [0.5, 0.6) is 0 Å². The van der Waals surface area contributed by atoms with Gasteiger partial charge in [0.05, 0.1) is 11.7 Å². The number of nitrogens with one attached hydrogen (secondary N) is 2. The molecule has 4 aliphatic heterocycles. The Bertz CT molecular complexity index is 3170. The van der Waals surface area contributed by atoms with Crippen molar-refractivity contribution >= 4 is 57.9 Å². The topological polar surface area (TPSA) is 162 Å². The van der Waals surface area contributed by atoms with E-state index in [0.717, 1.165) is 40.2 Å². The summed E-state index contributed by atoms with van der Waals surface area (Å²) >= 11 is 0. The monoisotopic (exact) mass is 1000 g/mol. The summed E-state index contributed by atoms with van der Waals surface area (Å²) in [5.41, 5.74) is 15.2. The second-order valence-electron chi connectivity index (χ2n) is 19.5. The molecule has 0 saturated carbocycles. The Labute approximate surface area is 439 Å². The molecule has 0 aliphatic carbocycles. The average Bonchev–Trinajstić information content (AvgIpc) is 3.42. The quantitative estimate of drug-likeness (QED) is 0.157. The summed E-state index contributed by atoms with van der Waals surface area (Å²) in [5, 5.41) is 6.26. The molecule has 382 valence electrons. The zero-order chi connectivity index (χ0) is 53.2. The van der Waals surface area contributed by atoms with Crippen molar-refractivity contribution < 1.29 is 28.8 Å². The largest absolute Gasteiger partial charge is 0.382 e. The molecule has 0 fully saturated rings. The van der Waals surface area contributed by atoms with E-state index < -0.39 is 0 Å². The number of rotatable bonds is 4. The standard InChI is InChI=1S/C19H20N2O2.C17H18N2O.C17H15NO2.C10H11NO/c1-13-12-17(20-14(2)22)16-10-6-7-11-18(16)21(13)19(23)15-8-4-3-5-9-15;1-12-11-15(18)14-9-5-6-10-16(14)19(12)17(20)13-7-3-2-4-8-13;1-12-11-16(19)14-9-5-6-10-15(14)18(12)17(20)13-7-3-2-4-8-13;1-7-6-10(12)8-4-2-3-5-9(8)11-7/h3-11,13,17H,12H2,1-2H3,(H,20,22);2-10,12,15H,11,18H2,1H3;2-10,12H,11H2,1H3;2-5,7,11H,6H2,1H3/t13-,17+;12-,15+;;/m11../s1. The minimum atomic E-state index is -0.120. The lowest BCUT2D eigenvalue weighted by atomic mass is 9.91. The van der Waals surface area contributed by atoms with Gasteiger partial charge in [0, 0.05) is 94.9 Å². The lowest BCUT2D eigenvalue weighted by Gasteiger charge is -2.39. The maximum atomic E-state index is 12.9. The van der Waals surface area contributed by atoms with Crippen molar-refractivity contribution in [2.45, 2.75) is 96.6 Å². The molecule has 7 aromatic rings. The highest BCUT2D eigenvalue weighted by Crippen LogP contribution is 2.39. The van der Waals surface area contributed by atoms with Crippen LogP contribution >= 0.6 is 0 Å². The molecule has 4 aliphatic rings. The second-order valence-corrected chi connectivity index (χ2v) is 19.5. The minimum Gasteiger partial charge on any atom is -0.382 e. The zero-order valence-corrected chi connectivity index (χ0v) is 43.1. The molecule has 0 bridgehead atoms. The smallest absolute Gasteiger partial charge is 0.258 e. The summed E-state index contributed by atoms with van der Waals surface area (Å²) < 4.78 is 0. The Balaban J connectivity index is 0.000000135. The number of Topliss-reactive ketones (excluding diaryl/α,β-unsaturated/α-hetero) is 2. The predicted molar refractivity (Wildman–Crippen MR) is 298 cm³/mol. The van der Waals surface area contributed by atoms with Gasteiger partial charge in [0.15, 0.2) is 11.6 Å². The molecule has 4 N–H and O–H groups in total. The van der Waals surface area contributed by atoms with Crippen LogP contribution in [0.3, 0.4) is 0 Å². The summed E-state index contributed by atoms with van der Waals surface area (Å²) in [6.07, 6.45) is 2.47. The number of hydrogen-bond acceptors (Lipinski definition) is 8. The number of fused-ring (bicyclic) bond motifs is 4. The number of nitrogens with two attached hydrogens (primary N) is 1. The molecule has 12 heteroatoms. The van der Waals surface area contributed by atoms with Gasteiger partial charge >= 0.3 is 0 Å². The van der Waals surface area contributed by atoms with Gasteiger partial charge in [-0.05, 0) is 124 Å². The Morgan fingerprint density at radius 1 is 0.467 bits per heavy atom. The van der Waals surface area contributed by atoms with E-state index in [4.69, 9.17) is 5.73 Å². The van der Waals surface area contributed by atoms with Crippen molar-refractivity contribution in [1.29, 1.82) is 0 Å². The third-order valence-electron chi connectivity index (χ3n) is 13.8. The van der Waals surface area contributed by atoms with Crippen LogP contribution in [0.15, 0.2) is 188 Å². The van der Waals surface area contributed by atoms with E-state index in [0.29, 0.717) is 47.2 Å². The third kappa shape index (κ3) is 12.1. The second kappa shape index (κ2) is 24.0. The summed E-state index contributed by atoms with van der Waals surface area (Å²) in [5.74, 6) is 0.268. The van der Waals surface area contributed by atoms with Crippen LogP contribution in [-0.2, 0) is 4.79 Å². The van der Waals surface area contributed by atoms with Crippen LogP contribution in [0.2, 0.25) is 0 Å². The average molecular weight is 1000 g/mol. The van der Waals surface area contributed by atoms with Gasteiger partial charge in [-0.1, -0.05) is 115 Å². The first-order valence-corrected chi connectivity index (χ1v) is 25.6. The van der Waals surface area contributed by atoms with Crippen LogP contribution < -0.4 is 31.1 Å². The molecule has 75 heavy (non-hydrogen) atoms. The highest BCUT2D eigenvalue weighted by molar-refractivity contribution is 6.14. The lowest BCUT2D eigenvalue weighted by molar-refractivity contribution is -0.119.